The molecule has 3 atom stereocenters. The van der Waals surface area contributed by atoms with Crippen molar-refractivity contribution >= 4 is 5.91 Å². The smallest absolute Gasteiger partial charge is 0.220 e. The van der Waals surface area contributed by atoms with E-state index in [1.807, 2.05) is 30.4 Å². The first kappa shape index (κ1) is 43.0. The van der Waals surface area contributed by atoms with Crippen LogP contribution in [0.25, 0.3) is 0 Å². The third-order valence-corrected chi connectivity index (χ3v) is 8.08. The van der Waals surface area contributed by atoms with Crippen molar-refractivity contribution in [3.8, 4) is 0 Å². The summed E-state index contributed by atoms with van der Waals surface area (Å²) in [7, 11) is 0. The summed E-state index contributed by atoms with van der Waals surface area (Å²) >= 11 is 0. The average molecular weight is 630 g/mol. The number of hydrogen-bond acceptors (Lipinski definition) is 4. The number of carbonyl (C=O) groups is 1. The van der Waals surface area contributed by atoms with Crippen LogP contribution < -0.4 is 5.32 Å². The van der Waals surface area contributed by atoms with E-state index in [0.717, 1.165) is 32.1 Å². The average Bonchev–Trinajstić information content (AvgIpc) is 3.04. The Labute approximate surface area is 278 Å². The number of nitrogens with one attached hydrogen (secondary N) is 1. The lowest BCUT2D eigenvalue weighted by Crippen LogP contribution is -2.45. The van der Waals surface area contributed by atoms with Gasteiger partial charge in [-0.15, -0.1) is 0 Å². The molecule has 5 heteroatoms. The molecule has 0 aliphatic heterocycles. The highest BCUT2D eigenvalue weighted by Crippen LogP contribution is 2.13. The highest BCUT2D eigenvalue weighted by molar-refractivity contribution is 5.76. The summed E-state index contributed by atoms with van der Waals surface area (Å²) < 4.78 is 0. The van der Waals surface area contributed by atoms with Gasteiger partial charge in [0.05, 0.1) is 24.9 Å². The first-order valence-electron chi connectivity index (χ1n) is 18.6. The number of rotatable bonds is 32. The Morgan fingerprint density at radius 1 is 0.600 bits per heavy atom. The zero-order valence-electron chi connectivity index (χ0n) is 29.2. The van der Waals surface area contributed by atoms with Gasteiger partial charge in [0.25, 0.3) is 0 Å². The number of hydrogen-bond donors (Lipinski definition) is 4. The normalized spacial score (nSPS) is 14.5. The molecule has 0 rings (SSSR count). The van der Waals surface area contributed by atoms with Gasteiger partial charge in [0.15, 0.2) is 0 Å². The second kappa shape index (κ2) is 34.9. The van der Waals surface area contributed by atoms with E-state index in [1.54, 1.807) is 6.08 Å². The predicted molar refractivity (Wildman–Crippen MR) is 194 cm³/mol. The van der Waals surface area contributed by atoms with Gasteiger partial charge in [0, 0.05) is 6.42 Å². The van der Waals surface area contributed by atoms with Crippen LogP contribution >= 0.6 is 0 Å². The monoisotopic (exact) mass is 630 g/mol. The summed E-state index contributed by atoms with van der Waals surface area (Å²) in [6.07, 6.45) is 44.7. The Morgan fingerprint density at radius 3 is 1.78 bits per heavy atom. The first-order valence-corrected chi connectivity index (χ1v) is 18.6. The Balaban J connectivity index is 3.84. The lowest BCUT2D eigenvalue weighted by Gasteiger charge is -2.19. The number of allylic oxidation sites excluding steroid dienone is 7. The molecule has 0 aliphatic rings. The molecule has 0 spiro atoms. The lowest BCUT2D eigenvalue weighted by molar-refractivity contribution is -0.122. The molecular weight excluding hydrogens is 558 g/mol. The molecule has 45 heavy (non-hydrogen) atoms. The van der Waals surface area contributed by atoms with Crippen molar-refractivity contribution in [3.63, 3.8) is 0 Å². The molecule has 0 unspecified atom stereocenters. The van der Waals surface area contributed by atoms with Gasteiger partial charge in [0.1, 0.15) is 0 Å². The Morgan fingerprint density at radius 2 is 1.13 bits per heavy atom. The summed E-state index contributed by atoms with van der Waals surface area (Å²) in [6, 6.07) is -0.672. The van der Waals surface area contributed by atoms with Crippen LogP contribution in [0.4, 0.5) is 0 Å². The fourth-order valence-corrected chi connectivity index (χ4v) is 5.13. The van der Waals surface area contributed by atoms with Crippen LogP contribution in [-0.2, 0) is 4.79 Å². The fourth-order valence-electron chi connectivity index (χ4n) is 5.13. The highest BCUT2D eigenvalue weighted by atomic mass is 16.3. The fraction of sp³-hybridized carbons (Fsp3) is 0.725. The van der Waals surface area contributed by atoms with Crippen LogP contribution in [0.5, 0.6) is 0 Å². The molecular formula is C40H71NO4. The molecule has 4 N–H and O–H groups in total. The zero-order valence-corrected chi connectivity index (χ0v) is 29.2. The molecule has 0 radical (unpaired) electrons. The van der Waals surface area contributed by atoms with E-state index in [4.69, 9.17) is 0 Å². The summed E-state index contributed by atoms with van der Waals surface area (Å²) in [5, 5.41) is 32.8. The van der Waals surface area contributed by atoms with Crippen LogP contribution in [0.15, 0.2) is 60.8 Å². The molecule has 0 heterocycles. The van der Waals surface area contributed by atoms with Crippen LogP contribution in [0, 0.1) is 0 Å². The summed E-state index contributed by atoms with van der Waals surface area (Å²) in [6.45, 7) is 4.18. The van der Waals surface area contributed by atoms with E-state index < -0.39 is 18.2 Å². The Bertz CT molecular complexity index is 785. The topological polar surface area (TPSA) is 89.8 Å². The minimum absolute atomic E-state index is 0.147. The maximum atomic E-state index is 12.3. The molecule has 0 aliphatic carbocycles. The quantitative estimate of drug-likeness (QED) is 0.0339. The van der Waals surface area contributed by atoms with Crippen molar-refractivity contribution in [2.45, 2.75) is 180 Å². The third-order valence-electron chi connectivity index (χ3n) is 8.08. The molecule has 0 bridgehead atoms. The van der Waals surface area contributed by atoms with Gasteiger partial charge >= 0.3 is 0 Å². The summed E-state index contributed by atoms with van der Waals surface area (Å²) in [5.41, 5.74) is 0. The van der Waals surface area contributed by atoms with E-state index in [-0.39, 0.29) is 12.5 Å². The zero-order chi connectivity index (χ0) is 33.1. The van der Waals surface area contributed by atoms with Gasteiger partial charge in [-0.1, -0.05) is 164 Å². The largest absolute Gasteiger partial charge is 0.394 e. The standard InChI is InChI=1S/C40H71NO4/c1-3-5-7-9-11-12-13-14-15-16-17-18-22-26-30-34-39(44)38(36-42)41-40(45)35-31-27-23-20-19-21-25-29-33-37(43)32-28-24-10-8-6-4-2/h20-21,23-25,28-30,33-34,37-39,42-44H,3-19,22,26-27,31-32,35-36H2,1-2H3,(H,41,45)/b23-20-,25-21-,28-24-,33-29+,34-30+/t37-,38-,39+/m0/s1. The molecule has 260 valence electrons. The van der Waals surface area contributed by atoms with Gasteiger partial charge in [-0.05, 0) is 51.4 Å². The van der Waals surface area contributed by atoms with Gasteiger partial charge in [-0.3, -0.25) is 4.79 Å². The molecule has 0 aromatic carbocycles. The van der Waals surface area contributed by atoms with Crippen molar-refractivity contribution in [2.75, 3.05) is 6.61 Å². The van der Waals surface area contributed by atoms with Gasteiger partial charge in [-0.2, -0.15) is 0 Å². The van der Waals surface area contributed by atoms with Crippen LogP contribution in [0.2, 0.25) is 0 Å². The van der Waals surface area contributed by atoms with Crippen molar-refractivity contribution in [3.05, 3.63) is 60.8 Å². The van der Waals surface area contributed by atoms with Crippen molar-refractivity contribution in [2.24, 2.45) is 0 Å². The van der Waals surface area contributed by atoms with Crippen LogP contribution in [0.1, 0.15) is 162 Å². The van der Waals surface area contributed by atoms with Crippen LogP contribution in [-0.4, -0.2) is 46.1 Å². The van der Waals surface area contributed by atoms with E-state index in [1.165, 1.54) is 96.3 Å². The molecule has 0 aromatic heterocycles. The van der Waals surface area contributed by atoms with E-state index >= 15 is 0 Å². The van der Waals surface area contributed by atoms with E-state index in [2.05, 4.69) is 43.5 Å². The first-order chi connectivity index (χ1) is 22.0. The minimum atomic E-state index is -0.880. The highest BCUT2D eigenvalue weighted by Gasteiger charge is 2.17. The molecule has 0 aromatic rings. The van der Waals surface area contributed by atoms with Gasteiger partial charge < -0.3 is 20.6 Å². The number of amides is 1. The second-order valence-corrected chi connectivity index (χ2v) is 12.5. The maximum absolute atomic E-state index is 12.3. The number of unbranched alkanes of at least 4 members (excludes halogenated alkanes) is 17. The van der Waals surface area contributed by atoms with Crippen molar-refractivity contribution < 1.29 is 20.1 Å². The maximum Gasteiger partial charge on any atom is 0.220 e. The number of carbonyl (C=O) groups excluding carboxylic acids is 1. The third kappa shape index (κ3) is 31.8. The Hall–Kier alpha value is -1.95. The molecule has 0 saturated carbocycles. The van der Waals surface area contributed by atoms with E-state index in [9.17, 15) is 20.1 Å². The van der Waals surface area contributed by atoms with Crippen molar-refractivity contribution in [1.29, 1.82) is 0 Å². The number of aliphatic hydroxyl groups excluding tert-OH is 3. The lowest BCUT2D eigenvalue weighted by atomic mass is 10.0. The molecule has 1 amide bonds. The van der Waals surface area contributed by atoms with Gasteiger partial charge in [0.2, 0.25) is 5.91 Å². The minimum Gasteiger partial charge on any atom is -0.394 e. The second-order valence-electron chi connectivity index (χ2n) is 12.5. The van der Waals surface area contributed by atoms with Crippen molar-refractivity contribution in [1.82, 2.24) is 5.32 Å². The molecule has 5 nitrogen and oxygen atoms in total. The summed E-state index contributed by atoms with van der Waals surface area (Å²) in [5.74, 6) is -0.147. The van der Waals surface area contributed by atoms with E-state index in [0.29, 0.717) is 19.3 Å². The summed E-state index contributed by atoms with van der Waals surface area (Å²) in [4.78, 5) is 12.3. The van der Waals surface area contributed by atoms with Gasteiger partial charge in [-0.25, -0.2) is 0 Å². The predicted octanol–water partition coefficient (Wildman–Crippen LogP) is 9.98. The Kier molecular flexibility index (Phi) is 33.4. The molecule has 0 saturated heterocycles. The SMILES string of the molecule is CCCCC/C=C\C[C@H](O)/C=C/C=C\C/C=C\CCCC(=O)N[C@@H](CO)[C@H](O)/C=C/CCCCCCCCCCCCCCC. The number of aliphatic hydroxyl groups is 3. The molecule has 0 fully saturated rings. The van der Waals surface area contributed by atoms with Crippen LogP contribution in [0.3, 0.4) is 0 Å².